The van der Waals surface area contributed by atoms with Crippen molar-refractivity contribution < 1.29 is 9.05 Å². The Labute approximate surface area is 151 Å². The first-order valence-corrected chi connectivity index (χ1v) is 9.95. The Balaban J connectivity index is 1.68. The van der Waals surface area contributed by atoms with Crippen molar-refractivity contribution in [1.82, 2.24) is 5.32 Å². The Morgan fingerprint density at radius 2 is 1.56 bits per heavy atom. The molecule has 3 nitrogen and oxygen atoms in total. The largest absolute Gasteiger partial charge is 0.435 e. The van der Waals surface area contributed by atoms with Crippen LogP contribution >= 0.6 is 8.38 Å². The summed E-state index contributed by atoms with van der Waals surface area (Å²) >= 11 is 0. The molecule has 2 unspecified atom stereocenters. The molecular formula is C21H24NO2P. The topological polar surface area (TPSA) is 30.5 Å². The Morgan fingerprint density at radius 1 is 0.960 bits per heavy atom. The molecule has 0 spiro atoms. The quantitative estimate of drug-likeness (QED) is 0.548. The predicted molar refractivity (Wildman–Crippen MR) is 104 cm³/mol. The second-order valence-corrected chi connectivity index (χ2v) is 7.45. The summed E-state index contributed by atoms with van der Waals surface area (Å²) in [5.41, 5.74) is 3.28. The van der Waals surface area contributed by atoms with Gasteiger partial charge < -0.3 is 14.4 Å². The van der Waals surface area contributed by atoms with E-state index in [2.05, 4.69) is 24.0 Å². The van der Waals surface area contributed by atoms with E-state index in [1.54, 1.807) is 0 Å². The highest BCUT2D eigenvalue weighted by molar-refractivity contribution is 7.51. The highest BCUT2D eigenvalue weighted by Crippen LogP contribution is 2.41. The zero-order valence-corrected chi connectivity index (χ0v) is 15.4. The summed E-state index contributed by atoms with van der Waals surface area (Å²) in [4.78, 5) is 0. The molecule has 0 radical (unpaired) electrons. The third-order valence-electron chi connectivity index (χ3n) is 4.05. The molecule has 1 saturated heterocycles. The van der Waals surface area contributed by atoms with Crippen LogP contribution in [0.3, 0.4) is 0 Å². The average Bonchev–Trinajstić information content (AvgIpc) is 2.65. The van der Waals surface area contributed by atoms with E-state index >= 15 is 0 Å². The van der Waals surface area contributed by atoms with Crippen LogP contribution in [0, 0.1) is 5.92 Å². The summed E-state index contributed by atoms with van der Waals surface area (Å²) in [6, 6.07) is 19.9. The highest BCUT2D eigenvalue weighted by Gasteiger charge is 2.15. The normalized spacial score (nSPS) is 19.8. The molecule has 1 heterocycles. The summed E-state index contributed by atoms with van der Waals surface area (Å²) in [7, 11) is -1.24. The zero-order valence-electron chi connectivity index (χ0n) is 14.5. The van der Waals surface area contributed by atoms with Gasteiger partial charge in [0.15, 0.2) is 0 Å². The molecule has 3 rings (SSSR count). The van der Waals surface area contributed by atoms with Crippen molar-refractivity contribution in [1.29, 1.82) is 0 Å². The molecule has 1 fully saturated rings. The Morgan fingerprint density at radius 3 is 2.08 bits per heavy atom. The van der Waals surface area contributed by atoms with Gasteiger partial charge in [-0.05, 0) is 55.6 Å². The van der Waals surface area contributed by atoms with Gasteiger partial charge in [0.2, 0.25) is 0 Å². The lowest BCUT2D eigenvalue weighted by atomic mass is 9.96. The van der Waals surface area contributed by atoms with Gasteiger partial charge in [-0.3, -0.25) is 0 Å². The van der Waals surface area contributed by atoms with Gasteiger partial charge in [-0.15, -0.1) is 5.73 Å². The van der Waals surface area contributed by atoms with E-state index in [4.69, 9.17) is 9.05 Å². The molecule has 0 saturated carbocycles. The molecule has 1 aliphatic rings. The molecule has 0 aliphatic carbocycles. The van der Waals surface area contributed by atoms with Crippen molar-refractivity contribution in [3.8, 4) is 11.5 Å². The number of hydrogen-bond acceptors (Lipinski definition) is 3. The molecule has 1 N–H and O–H groups in total. The summed E-state index contributed by atoms with van der Waals surface area (Å²) in [5, 5.41) is 3.53. The predicted octanol–water partition coefficient (Wildman–Crippen LogP) is 5.51. The fourth-order valence-corrected chi connectivity index (χ4v) is 3.63. The minimum atomic E-state index is -1.24. The van der Waals surface area contributed by atoms with Crippen LogP contribution < -0.4 is 14.4 Å². The number of piperidine rings is 1. The average molecular weight is 353 g/mol. The maximum absolute atomic E-state index is 6.01. The van der Waals surface area contributed by atoms with Crippen LogP contribution in [-0.2, 0) is 0 Å². The van der Waals surface area contributed by atoms with Crippen molar-refractivity contribution in [2.75, 3.05) is 6.54 Å². The van der Waals surface area contributed by atoms with E-state index in [0.29, 0.717) is 6.04 Å². The van der Waals surface area contributed by atoms with Crippen molar-refractivity contribution >= 4 is 8.38 Å². The van der Waals surface area contributed by atoms with E-state index in [0.717, 1.165) is 30.4 Å². The smallest absolute Gasteiger partial charge is 0.326 e. The Bertz CT molecular complexity index is 649. The van der Waals surface area contributed by atoms with Crippen LogP contribution in [0.4, 0.5) is 0 Å². The second kappa shape index (κ2) is 9.44. The molecule has 2 atom stereocenters. The van der Waals surface area contributed by atoms with Crippen LogP contribution in [0.25, 0.3) is 0 Å². The number of nitrogens with one attached hydrogen (secondary N) is 1. The number of benzene rings is 2. The van der Waals surface area contributed by atoms with E-state index in [9.17, 15) is 0 Å². The van der Waals surface area contributed by atoms with Gasteiger partial charge in [0.25, 0.3) is 0 Å². The highest BCUT2D eigenvalue weighted by atomic mass is 31.2. The van der Waals surface area contributed by atoms with Gasteiger partial charge in [0.05, 0.1) is 5.82 Å². The van der Waals surface area contributed by atoms with Crippen molar-refractivity contribution in [3.05, 3.63) is 78.3 Å². The molecule has 2 aromatic rings. The van der Waals surface area contributed by atoms with Gasteiger partial charge >= 0.3 is 8.38 Å². The Hall–Kier alpha value is -2.05. The van der Waals surface area contributed by atoms with E-state index < -0.39 is 8.38 Å². The van der Waals surface area contributed by atoms with Gasteiger partial charge in [0, 0.05) is 6.04 Å². The summed E-state index contributed by atoms with van der Waals surface area (Å²) < 4.78 is 12.0. The maximum Gasteiger partial charge on any atom is 0.326 e. The lowest BCUT2D eigenvalue weighted by Crippen LogP contribution is -2.36. The molecule has 0 aromatic heterocycles. The van der Waals surface area contributed by atoms with Gasteiger partial charge in [-0.1, -0.05) is 43.3 Å². The van der Waals surface area contributed by atoms with Crippen LogP contribution in [0.5, 0.6) is 11.5 Å². The minimum absolute atomic E-state index is 0.387. The van der Waals surface area contributed by atoms with Gasteiger partial charge in [0.1, 0.15) is 11.5 Å². The van der Waals surface area contributed by atoms with Crippen molar-refractivity contribution in [2.24, 2.45) is 5.92 Å². The van der Waals surface area contributed by atoms with Gasteiger partial charge in [-0.25, -0.2) is 0 Å². The van der Waals surface area contributed by atoms with Crippen molar-refractivity contribution in [3.63, 3.8) is 0 Å². The number of rotatable bonds is 6. The minimum Gasteiger partial charge on any atom is -0.435 e. The molecule has 130 valence electrons. The standard InChI is InChI=1S/C21H24NO2P/c1-18-14-15-19(22-17-18)9-8-16-25(23-20-10-4-2-5-11-20)24-21-12-6-3-7-13-21/h2-7,9-13,16,18-19,22H,14-15,17H2,1H3. The molecule has 2 aromatic carbocycles. The SMILES string of the molecule is CC1CCC(C=C=CP(Oc2ccccc2)Oc2ccccc2)NC1. The fourth-order valence-electron chi connectivity index (χ4n) is 2.62. The number of hydrogen-bond donors (Lipinski definition) is 1. The van der Waals surface area contributed by atoms with Crippen molar-refractivity contribution in [2.45, 2.75) is 25.8 Å². The fraction of sp³-hybridized carbons (Fsp3) is 0.286. The molecule has 0 amide bonds. The first-order chi connectivity index (χ1) is 12.3. The summed E-state index contributed by atoms with van der Waals surface area (Å²) in [6.45, 7) is 3.35. The molecule has 4 heteroatoms. The zero-order chi connectivity index (χ0) is 17.3. The first-order valence-electron chi connectivity index (χ1n) is 8.71. The summed E-state index contributed by atoms with van der Waals surface area (Å²) in [6.07, 6.45) is 4.49. The number of para-hydroxylation sites is 2. The van der Waals surface area contributed by atoms with E-state index in [-0.39, 0.29) is 0 Å². The maximum atomic E-state index is 6.01. The molecule has 1 aliphatic heterocycles. The van der Waals surface area contributed by atoms with E-state index in [1.807, 2.05) is 66.5 Å². The first kappa shape index (κ1) is 17.8. The van der Waals surface area contributed by atoms with Crippen LogP contribution in [-0.4, -0.2) is 12.6 Å². The second-order valence-electron chi connectivity index (χ2n) is 6.25. The third kappa shape index (κ3) is 6.07. The van der Waals surface area contributed by atoms with Crippen LogP contribution in [0.2, 0.25) is 0 Å². The summed E-state index contributed by atoms with van der Waals surface area (Å²) in [5.74, 6) is 4.25. The monoisotopic (exact) mass is 353 g/mol. The molecule has 25 heavy (non-hydrogen) atoms. The Kier molecular flexibility index (Phi) is 6.71. The lowest BCUT2D eigenvalue weighted by Gasteiger charge is -2.24. The lowest BCUT2D eigenvalue weighted by molar-refractivity contribution is 0.362. The van der Waals surface area contributed by atoms with Crippen LogP contribution in [0.15, 0.2) is 78.3 Å². The molecular weight excluding hydrogens is 329 g/mol. The van der Waals surface area contributed by atoms with E-state index in [1.165, 1.54) is 6.42 Å². The van der Waals surface area contributed by atoms with Crippen LogP contribution in [0.1, 0.15) is 19.8 Å². The van der Waals surface area contributed by atoms with Gasteiger partial charge in [-0.2, -0.15) is 0 Å². The molecule has 0 bridgehead atoms. The third-order valence-corrected chi connectivity index (χ3v) is 5.19.